The van der Waals surface area contributed by atoms with Crippen molar-refractivity contribution >= 4 is 0 Å². The number of aliphatic hydroxyl groups excluding tert-OH is 27. The van der Waals surface area contributed by atoms with Crippen molar-refractivity contribution in [2.24, 2.45) is 44.3 Å². The molecular formula is C80H136O44. The first-order valence-electron chi connectivity index (χ1n) is 42.9. The number of hydrogen-bond acceptors (Lipinski definition) is 44. The Kier molecular flexibility index (Phi) is 31.9. The van der Waals surface area contributed by atoms with Crippen LogP contribution in [-0.2, 0) is 75.8 Å². The van der Waals surface area contributed by atoms with E-state index in [1.54, 1.807) is 0 Å². The summed E-state index contributed by atoms with van der Waals surface area (Å²) in [6.07, 6.45) is -72.1. The summed E-state index contributed by atoms with van der Waals surface area (Å²) in [7, 11) is 0. The van der Waals surface area contributed by atoms with Gasteiger partial charge in [0.2, 0.25) is 0 Å². The van der Waals surface area contributed by atoms with Crippen LogP contribution in [0.5, 0.6) is 0 Å². The van der Waals surface area contributed by atoms with Gasteiger partial charge in [-0.1, -0.05) is 67.0 Å². The monoisotopic (exact) mass is 1800 g/mol. The van der Waals surface area contributed by atoms with Crippen molar-refractivity contribution in [3.63, 3.8) is 0 Å². The van der Waals surface area contributed by atoms with Crippen LogP contribution >= 0.6 is 0 Å². The third-order valence-corrected chi connectivity index (χ3v) is 30.9. The maximum absolute atomic E-state index is 13.4. The number of fused-ring (bicyclic) bond motifs is 5. The molecule has 12 rings (SSSR count). The summed E-state index contributed by atoms with van der Waals surface area (Å²) in [6.45, 7) is 12.6. The summed E-state index contributed by atoms with van der Waals surface area (Å²) >= 11 is 0. The summed E-state index contributed by atoms with van der Waals surface area (Å²) in [6, 6.07) is 0. The molecule has 44 nitrogen and oxygen atoms in total. The number of allylic oxidation sites excluding steroid dienone is 1. The Morgan fingerprint density at radius 1 is 0.355 bits per heavy atom. The molecule has 0 aromatic carbocycles. The second kappa shape index (κ2) is 39.1. The lowest BCUT2D eigenvalue weighted by Crippen LogP contribution is -2.72. The van der Waals surface area contributed by atoms with Gasteiger partial charge in [0.15, 0.2) is 50.3 Å². The molecule has 0 aromatic rings. The molecule has 8 heterocycles. The highest BCUT2D eigenvalue weighted by Gasteiger charge is 2.78. The standard InChI is InChI=1S/C80H136O44/c1-28(29-13-17-78(8)77(29,7)19-39(89)80(10)76(6)16-15-40(74(2,3)38(76)14-18-79(78,80)9)117-66-55(103)48(96)60(33(23-84)112-66)121-70-56(104)49(97)61(34(24-85)113-70)119-67-52(100)45(93)42(90)30(20-81)109-67)11-12-41(75(4,5)108)118-73-65(59(107)64(37(27-88)116-73)123-69-54(102)47(95)44(92)32(22-83)111-69)124-72-58(106)51(99)63(36(26-87)115-72)122-71-57(105)50(98)62(35(25-86)114-71)120-68-53(101)46(94)43(91)31(21-82)110-68/h14,28-37,39-73,81-108H,11-13,15-27H2,1-10H3/t28-,29?,30-,31-,32-,33-,34-,35-,36-,37-,39?,40+,41-,42-,43-,44-,45+,46+,47+,48-,49-,50-,51-,52-,53-,54-,55-,56-,57-,58-,59+,60-,61-,62-,63-,64-,65-,66?,67?,68?,69?,70?,71?,72?,73?,76-,77-,78-,79+,80+/m1/s1. The maximum atomic E-state index is 13.4. The molecule has 0 amide bonds. The van der Waals surface area contributed by atoms with Crippen LogP contribution in [0.15, 0.2) is 11.6 Å². The van der Waals surface area contributed by atoms with Gasteiger partial charge >= 0.3 is 0 Å². The van der Waals surface area contributed by atoms with E-state index in [1.165, 1.54) is 13.8 Å². The van der Waals surface area contributed by atoms with Crippen molar-refractivity contribution in [1.29, 1.82) is 0 Å². The highest BCUT2D eigenvalue weighted by atomic mass is 16.8. The molecular weight excluding hydrogens is 1660 g/mol. The van der Waals surface area contributed by atoms with E-state index in [9.17, 15) is 143 Å². The van der Waals surface area contributed by atoms with E-state index < -0.39 is 355 Å². The van der Waals surface area contributed by atoms with Gasteiger partial charge in [0.05, 0.1) is 76.8 Å². The molecule has 11 fully saturated rings. The molecule has 8 saturated heterocycles. The zero-order chi connectivity index (χ0) is 91.4. The summed E-state index contributed by atoms with van der Waals surface area (Å²) in [5.74, 6) is -0.267. The molecule has 3 saturated carbocycles. The molecule has 0 bridgehead atoms. The summed E-state index contributed by atoms with van der Waals surface area (Å²) < 4.78 is 95.5. The summed E-state index contributed by atoms with van der Waals surface area (Å²) in [5.41, 5.74) is -4.84. The van der Waals surface area contributed by atoms with Crippen molar-refractivity contribution in [2.45, 2.75) is 390 Å². The van der Waals surface area contributed by atoms with Gasteiger partial charge in [0.1, 0.15) is 195 Å². The average molecular weight is 1800 g/mol. The summed E-state index contributed by atoms with van der Waals surface area (Å²) in [4.78, 5) is 0. The number of rotatable bonds is 29. The largest absolute Gasteiger partial charge is 0.394 e. The van der Waals surface area contributed by atoms with Gasteiger partial charge in [-0.3, -0.25) is 0 Å². The van der Waals surface area contributed by atoms with Crippen molar-refractivity contribution in [1.82, 2.24) is 0 Å². The van der Waals surface area contributed by atoms with Crippen LogP contribution in [0.25, 0.3) is 0 Å². The third kappa shape index (κ3) is 17.7. The van der Waals surface area contributed by atoms with Gasteiger partial charge in [-0.25, -0.2) is 0 Å². The minimum absolute atomic E-state index is 0.0467. The fraction of sp³-hybridized carbons (Fsp3) is 0.975. The Balaban J connectivity index is 0.726. The quantitative estimate of drug-likeness (QED) is 0.0309. The predicted octanol–water partition coefficient (Wildman–Crippen LogP) is -11.2. The van der Waals surface area contributed by atoms with E-state index in [0.717, 1.165) is 12.0 Å². The highest BCUT2D eigenvalue weighted by Crippen LogP contribution is 2.82. The van der Waals surface area contributed by atoms with Gasteiger partial charge in [0, 0.05) is 10.8 Å². The van der Waals surface area contributed by atoms with Gasteiger partial charge in [-0.15, -0.1) is 0 Å². The number of ether oxygens (including phenoxy) is 16. The molecule has 10 unspecified atom stereocenters. The van der Waals surface area contributed by atoms with E-state index in [1.807, 2.05) is 13.8 Å². The van der Waals surface area contributed by atoms with Crippen LogP contribution in [0.3, 0.4) is 0 Å². The highest BCUT2D eigenvalue weighted by molar-refractivity contribution is 5.39. The Labute approximate surface area is 715 Å². The van der Waals surface area contributed by atoms with Crippen molar-refractivity contribution in [3.05, 3.63) is 11.6 Å². The molecule has 12 aliphatic rings. The zero-order valence-electron chi connectivity index (χ0n) is 70.9. The van der Waals surface area contributed by atoms with Crippen molar-refractivity contribution < 1.29 is 219 Å². The van der Waals surface area contributed by atoms with E-state index >= 15 is 0 Å². The lowest BCUT2D eigenvalue weighted by atomic mass is 9.29. The molecule has 720 valence electrons. The van der Waals surface area contributed by atoms with Gasteiger partial charge in [-0.05, 0) is 98.7 Å². The van der Waals surface area contributed by atoms with Crippen LogP contribution in [-0.4, -0.2) is 465 Å². The second-order valence-corrected chi connectivity index (χ2v) is 38.3. The molecule has 44 heteroatoms. The maximum Gasteiger partial charge on any atom is 0.187 e. The Morgan fingerprint density at radius 3 is 1.00 bits per heavy atom. The minimum atomic E-state index is -2.29. The predicted molar refractivity (Wildman–Crippen MR) is 407 cm³/mol. The zero-order valence-corrected chi connectivity index (χ0v) is 70.9. The Bertz CT molecular complexity index is 3450. The van der Waals surface area contributed by atoms with Crippen LogP contribution in [0.4, 0.5) is 0 Å². The number of hydrogen-bond donors (Lipinski definition) is 28. The SMILES string of the molecule is C[C@H](CC[C@@H](OC1O[C@H](CO)[C@@H](OC2O[C@H](CO)[C@@H](O)[C@H](O)[C@H]2O)[C@H](O)[C@H]1OC1O[C@H](CO)[C@@H](OC2O[C@H](CO)[C@@H](OC3O[C@H](CO)[C@@H](O)[C@H](O)[C@H]3O)[C@H](O)[C@H]2O)[C@H](O)[C@H]1O)C(C)(C)O)C1CC[C@@]2(C)[C@]3(C)CC=C4C(C)(C)[C@@H](OC5O[C@H](CO)[C@@H](OC6O[C@H](CO)[C@@H](OC7O[C@H](CO)[C@@H](O)[C@H](O)[C@H]7O)[C@H](O)[C@H]6O)[C@H](O)[C@H]5O)CC[C@@]4(C)[C@]3(C)C(O)C[C@]12C. The van der Waals surface area contributed by atoms with E-state index in [4.69, 9.17) is 75.8 Å². The fourth-order valence-corrected chi connectivity index (χ4v) is 22.8. The van der Waals surface area contributed by atoms with Crippen LogP contribution in [0.2, 0.25) is 0 Å². The van der Waals surface area contributed by atoms with Gasteiger partial charge < -0.3 is 219 Å². The van der Waals surface area contributed by atoms with Crippen LogP contribution < -0.4 is 0 Å². The van der Waals surface area contributed by atoms with E-state index in [2.05, 4.69) is 47.6 Å². The molecule has 8 aliphatic heterocycles. The Hall–Kier alpha value is -2.02. The molecule has 0 radical (unpaired) electrons. The van der Waals surface area contributed by atoms with E-state index in [0.29, 0.717) is 38.5 Å². The van der Waals surface area contributed by atoms with Crippen LogP contribution in [0, 0.1) is 44.3 Å². The smallest absolute Gasteiger partial charge is 0.187 e. The lowest BCUT2D eigenvalue weighted by molar-refractivity contribution is -0.403. The molecule has 0 spiro atoms. The Morgan fingerprint density at radius 2 is 0.661 bits per heavy atom. The second-order valence-electron chi connectivity index (χ2n) is 38.3. The number of aliphatic hydroxyl groups is 28. The normalized spacial score (nSPS) is 53.0. The van der Waals surface area contributed by atoms with Gasteiger partial charge in [0.25, 0.3) is 0 Å². The molecule has 50 atom stereocenters. The first-order valence-corrected chi connectivity index (χ1v) is 42.9. The molecule has 124 heavy (non-hydrogen) atoms. The summed E-state index contributed by atoms with van der Waals surface area (Å²) in [5, 5.41) is 309. The third-order valence-electron chi connectivity index (χ3n) is 30.9. The molecule has 4 aliphatic carbocycles. The topological polar surface area (TPSA) is 714 Å². The first-order chi connectivity index (χ1) is 58.1. The van der Waals surface area contributed by atoms with Gasteiger partial charge in [-0.2, -0.15) is 0 Å². The average Bonchev–Trinajstić information content (AvgIpc) is 1.28. The van der Waals surface area contributed by atoms with E-state index in [-0.39, 0.29) is 18.3 Å². The molecule has 28 N–H and O–H groups in total. The minimum Gasteiger partial charge on any atom is -0.394 e. The van der Waals surface area contributed by atoms with Crippen LogP contribution in [0.1, 0.15) is 121 Å². The first kappa shape index (κ1) is 101. The lowest BCUT2D eigenvalue weighted by Gasteiger charge is -2.75. The fourth-order valence-electron chi connectivity index (χ4n) is 22.8. The van der Waals surface area contributed by atoms with Crippen molar-refractivity contribution in [3.8, 4) is 0 Å². The van der Waals surface area contributed by atoms with Crippen molar-refractivity contribution in [2.75, 3.05) is 52.9 Å². The molecule has 0 aromatic heterocycles.